The number of phenols is 1. The SMILES string of the molecule is COc1ccc(/C=C2/SC(=O)N(CC(=O)NNC(=O)c3ccccc3O)C2=O)cc1. The Morgan fingerprint density at radius 1 is 1.10 bits per heavy atom. The number of phenolic OH excluding ortho intramolecular Hbond substituents is 1. The largest absolute Gasteiger partial charge is 0.507 e. The van der Waals surface area contributed by atoms with Gasteiger partial charge in [-0.1, -0.05) is 24.3 Å². The number of carbonyl (C=O) groups is 4. The lowest BCUT2D eigenvalue weighted by atomic mass is 10.2. The van der Waals surface area contributed by atoms with E-state index in [2.05, 4.69) is 10.9 Å². The van der Waals surface area contributed by atoms with Crippen LogP contribution in [-0.2, 0) is 9.59 Å². The third-order valence-corrected chi connectivity index (χ3v) is 4.96. The van der Waals surface area contributed by atoms with Crippen LogP contribution in [0.3, 0.4) is 0 Å². The Balaban J connectivity index is 1.59. The second kappa shape index (κ2) is 9.14. The van der Waals surface area contributed by atoms with Crippen molar-refractivity contribution in [1.29, 1.82) is 0 Å². The molecule has 3 rings (SSSR count). The lowest BCUT2D eigenvalue weighted by Gasteiger charge is -2.13. The third kappa shape index (κ3) is 4.78. The first-order valence-corrected chi connectivity index (χ1v) is 9.47. The second-order valence-corrected chi connectivity index (χ2v) is 7.05. The number of hydrazine groups is 1. The number of aromatic hydroxyl groups is 1. The van der Waals surface area contributed by atoms with Crippen molar-refractivity contribution in [3.63, 3.8) is 0 Å². The van der Waals surface area contributed by atoms with Crippen LogP contribution in [0.2, 0.25) is 0 Å². The van der Waals surface area contributed by atoms with Crippen LogP contribution in [-0.4, -0.2) is 46.6 Å². The first kappa shape index (κ1) is 20.9. The summed E-state index contributed by atoms with van der Waals surface area (Å²) in [6, 6.07) is 12.7. The predicted octanol–water partition coefficient (Wildman–Crippen LogP) is 1.90. The van der Waals surface area contributed by atoms with Crippen LogP contribution in [0, 0.1) is 0 Å². The number of hydrogen-bond donors (Lipinski definition) is 3. The summed E-state index contributed by atoms with van der Waals surface area (Å²) >= 11 is 0.719. The monoisotopic (exact) mass is 427 g/mol. The van der Waals surface area contributed by atoms with Crippen molar-refractivity contribution in [2.24, 2.45) is 0 Å². The molecular weight excluding hydrogens is 410 g/mol. The number of ether oxygens (including phenoxy) is 1. The summed E-state index contributed by atoms with van der Waals surface area (Å²) in [4.78, 5) is 49.6. The summed E-state index contributed by atoms with van der Waals surface area (Å²) < 4.78 is 5.07. The molecular formula is C20H17N3O6S. The van der Waals surface area contributed by atoms with E-state index >= 15 is 0 Å². The van der Waals surface area contributed by atoms with E-state index in [1.54, 1.807) is 42.5 Å². The average Bonchev–Trinajstić information content (AvgIpc) is 3.00. The van der Waals surface area contributed by atoms with Gasteiger partial charge in [0.25, 0.3) is 23.0 Å². The van der Waals surface area contributed by atoms with Gasteiger partial charge in [0.2, 0.25) is 0 Å². The zero-order chi connectivity index (χ0) is 21.7. The minimum Gasteiger partial charge on any atom is -0.507 e. The van der Waals surface area contributed by atoms with Crippen molar-refractivity contribution in [2.75, 3.05) is 13.7 Å². The molecule has 0 aliphatic carbocycles. The standard InChI is InChI=1S/C20H17N3O6S/c1-29-13-8-6-12(7-9-13)10-16-19(27)23(20(28)30-16)11-17(25)21-22-18(26)14-4-2-3-5-15(14)24/h2-10,24H,11H2,1H3,(H,21,25)(H,22,26)/b16-10+. The number of thioether (sulfide) groups is 1. The number of carbonyl (C=O) groups excluding carboxylic acids is 4. The van der Waals surface area contributed by atoms with Gasteiger partial charge in [0.05, 0.1) is 17.6 Å². The quantitative estimate of drug-likeness (QED) is 0.492. The van der Waals surface area contributed by atoms with E-state index in [-0.39, 0.29) is 16.2 Å². The molecule has 9 nitrogen and oxygen atoms in total. The van der Waals surface area contributed by atoms with Gasteiger partial charge in [-0.3, -0.25) is 34.9 Å². The predicted molar refractivity (Wildman–Crippen MR) is 109 cm³/mol. The number of para-hydroxylation sites is 1. The Kier molecular flexibility index (Phi) is 6.38. The van der Waals surface area contributed by atoms with E-state index < -0.39 is 29.5 Å². The minimum absolute atomic E-state index is 0.0357. The molecule has 0 atom stereocenters. The highest BCUT2D eigenvalue weighted by atomic mass is 32.2. The highest BCUT2D eigenvalue weighted by Crippen LogP contribution is 2.32. The van der Waals surface area contributed by atoms with Gasteiger partial charge < -0.3 is 9.84 Å². The van der Waals surface area contributed by atoms with Crippen LogP contribution in [0.15, 0.2) is 53.4 Å². The zero-order valence-corrected chi connectivity index (χ0v) is 16.6. The molecule has 0 saturated carbocycles. The van der Waals surface area contributed by atoms with E-state index in [9.17, 15) is 24.3 Å². The highest BCUT2D eigenvalue weighted by molar-refractivity contribution is 8.18. The van der Waals surface area contributed by atoms with Crippen molar-refractivity contribution >= 4 is 40.8 Å². The van der Waals surface area contributed by atoms with Gasteiger partial charge in [0.15, 0.2) is 0 Å². The van der Waals surface area contributed by atoms with E-state index in [0.29, 0.717) is 11.3 Å². The van der Waals surface area contributed by atoms with Gasteiger partial charge in [0.1, 0.15) is 18.0 Å². The normalized spacial score (nSPS) is 14.7. The number of imide groups is 1. The lowest BCUT2D eigenvalue weighted by molar-refractivity contribution is -0.129. The van der Waals surface area contributed by atoms with Gasteiger partial charge in [0, 0.05) is 0 Å². The molecule has 1 saturated heterocycles. The first-order chi connectivity index (χ1) is 14.4. The fourth-order valence-electron chi connectivity index (χ4n) is 2.53. The van der Waals surface area contributed by atoms with Gasteiger partial charge in [-0.25, -0.2) is 0 Å². The van der Waals surface area contributed by atoms with Crippen molar-refractivity contribution < 1.29 is 29.0 Å². The van der Waals surface area contributed by atoms with Crippen LogP contribution in [0.4, 0.5) is 4.79 Å². The summed E-state index contributed by atoms with van der Waals surface area (Å²) in [5, 5.41) is 9.04. The van der Waals surface area contributed by atoms with Crippen molar-refractivity contribution in [3.05, 3.63) is 64.6 Å². The first-order valence-electron chi connectivity index (χ1n) is 8.65. The van der Waals surface area contributed by atoms with Crippen molar-refractivity contribution in [1.82, 2.24) is 15.8 Å². The highest BCUT2D eigenvalue weighted by Gasteiger charge is 2.36. The molecule has 1 heterocycles. The molecule has 30 heavy (non-hydrogen) atoms. The van der Waals surface area contributed by atoms with Gasteiger partial charge in [-0.05, 0) is 47.7 Å². The Hall–Kier alpha value is -3.79. The number of amides is 4. The molecule has 1 fully saturated rings. The molecule has 1 aliphatic rings. The van der Waals surface area contributed by atoms with E-state index in [4.69, 9.17) is 4.74 Å². The average molecular weight is 427 g/mol. The van der Waals surface area contributed by atoms with Crippen LogP contribution in [0.1, 0.15) is 15.9 Å². The topological polar surface area (TPSA) is 125 Å². The van der Waals surface area contributed by atoms with E-state index in [1.165, 1.54) is 19.2 Å². The summed E-state index contributed by atoms with van der Waals surface area (Å²) in [6.45, 7) is -0.564. The molecule has 0 bridgehead atoms. The number of rotatable bonds is 5. The zero-order valence-electron chi connectivity index (χ0n) is 15.7. The number of nitrogens with zero attached hydrogens (tertiary/aromatic N) is 1. The maximum Gasteiger partial charge on any atom is 0.294 e. The summed E-state index contributed by atoms with van der Waals surface area (Å²) in [5.74, 6) is -1.72. The fraction of sp³-hybridized carbons (Fsp3) is 0.100. The number of benzene rings is 2. The van der Waals surface area contributed by atoms with Gasteiger partial charge in [-0.2, -0.15) is 0 Å². The van der Waals surface area contributed by atoms with Crippen molar-refractivity contribution in [2.45, 2.75) is 0 Å². The van der Waals surface area contributed by atoms with E-state index in [1.807, 2.05) is 0 Å². The third-order valence-electron chi connectivity index (χ3n) is 4.05. The Bertz CT molecular complexity index is 1040. The summed E-state index contributed by atoms with van der Waals surface area (Å²) in [5.41, 5.74) is 4.90. The maximum absolute atomic E-state index is 12.5. The van der Waals surface area contributed by atoms with Crippen LogP contribution < -0.4 is 15.6 Å². The number of methoxy groups -OCH3 is 1. The second-order valence-electron chi connectivity index (χ2n) is 6.06. The Morgan fingerprint density at radius 3 is 2.47 bits per heavy atom. The fourth-order valence-corrected chi connectivity index (χ4v) is 3.37. The summed E-state index contributed by atoms with van der Waals surface area (Å²) in [6.07, 6.45) is 1.54. The number of nitrogens with one attached hydrogen (secondary N) is 2. The molecule has 3 N–H and O–H groups in total. The van der Waals surface area contributed by atoms with Crippen LogP contribution in [0.25, 0.3) is 6.08 Å². The lowest BCUT2D eigenvalue weighted by Crippen LogP contribution is -2.47. The molecule has 2 aromatic rings. The molecule has 0 radical (unpaired) electrons. The van der Waals surface area contributed by atoms with Gasteiger partial charge >= 0.3 is 0 Å². The molecule has 0 spiro atoms. The minimum atomic E-state index is -0.772. The smallest absolute Gasteiger partial charge is 0.294 e. The molecule has 2 aromatic carbocycles. The molecule has 154 valence electrons. The van der Waals surface area contributed by atoms with Crippen LogP contribution >= 0.6 is 11.8 Å². The molecule has 1 aliphatic heterocycles. The Labute approximate surface area is 175 Å². The molecule has 4 amide bonds. The maximum atomic E-state index is 12.5. The number of hydrogen-bond acceptors (Lipinski definition) is 7. The van der Waals surface area contributed by atoms with Crippen LogP contribution in [0.5, 0.6) is 11.5 Å². The Morgan fingerprint density at radius 2 is 1.80 bits per heavy atom. The van der Waals surface area contributed by atoms with Gasteiger partial charge in [-0.15, -0.1) is 0 Å². The summed E-state index contributed by atoms with van der Waals surface area (Å²) in [7, 11) is 1.54. The van der Waals surface area contributed by atoms with Crippen molar-refractivity contribution in [3.8, 4) is 11.5 Å². The molecule has 10 heteroatoms. The van der Waals surface area contributed by atoms with E-state index in [0.717, 1.165) is 16.7 Å². The molecule has 0 unspecified atom stereocenters. The molecule has 0 aromatic heterocycles.